The molecule has 274 valence electrons. The summed E-state index contributed by atoms with van der Waals surface area (Å²) >= 11 is 1.83. The van der Waals surface area contributed by atoms with Crippen LogP contribution >= 0.6 is 11.3 Å². The quantitative estimate of drug-likeness (QED) is 0.169. The van der Waals surface area contributed by atoms with Gasteiger partial charge in [-0.25, -0.2) is 9.97 Å². The van der Waals surface area contributed by atoms with E-state index in [1.807, 2.05) is 72.1 Å². The Morgan fingerprint density at radius 3 is 1.67 bits per heavy atom. The van der Waals surface area contributed by atoms with Gasteiger partial charge in [-0.1, -0.05) is 83.9 Å². The van der Waals surface area contributed by atoms with Crippen molar-refractivity contribution in [2.75, 3.05) is 0 Å². The number of nitrogens with zero attached hydrogens (tertiary/aromatic N) is 6. The lowest BCUT2D eigenvalue weighted by Gasteiger charge is -2.11. The Balaban J connectivity index is 1.17. The monoisotopic (exact) mass is 762 g/mol. The van der Waals surface area contributed by atoms with Crippen LogP contribution in [0.5, 0.6) is 0 Å². The summed E-state index contributed by atoms with van der Waals surface area (Å²) in [6, 6.07) is 53.5. The van der Waals surface area contributed by atoms with Gasteiger partial charge in [0.2, 0.25) is 5.95 Å². The van der Waals surface area contributed by atoms with Crippen molar-refractivity contribution < 1.29 is 0 Å². The maximum atomic E-state index is 5.24. The van der Waals surface area contributed by atoms with Gasteiger partial charge in [0.05, 0.1) is 39.5 Å². The number of benzene rings is 5. The van der Waals surface area contributed by atoms with Crippen LogP contribution in [0.1, 0.15) is 11.1 Å². The van der Waals surface area contributed by atoms with Gasteiger partial charge in [0.25, 0.3) is 0 Å². The van der Waals surface area contributed by atoms with Crippen molar-refractivity contribution in [1.29, 1.82) is 0 Å². The predicted octanol–water partition coefficient (Wildman–Crippen LogP) is 13.1. The van der Waals surface area contributed by atoms with Gasteiger partial charge >= 0.3 is 0 Å². The molecule has 0 bridgehead atoms. The number of aromatic nitrogens is 6. The van der Waals surface area contributed by atoms with Crippen LogP contribution in [-0.2, 0) is 0 Å². The zero-order chi connectivity index (χ0) is 38.7. The van der Waals surface area contributed by atoms with Crippen molar-refractivity contribution in [1.82, 2.24) is 29.5 Å². The molecule has 0 radical (unpaired) electrons. The van der Waals surface area contributed by atoms with Crippen molar-refractivity contribution in [3.63, 3.8) is 0 Å². The summed E-state index contributed by atoms with van der Waals surface area (Å²) in [6.45, 7) is 4.33. The number of pyridine rings is 3. The van der Waals surface area contributed by atoms with Crippen LogP contribution < -0.4 is 0 Å². The van der Waals surface area contributed by atoms with Crippen LogP contribution in [-0.4, -0.2) is 29.5 Å². The Morgan fingerprint density at radius 1 is 0.379 bits per heavy atom. The van der Waals surface area contributed by atoms with Gasteiger partial charge in [-0.2, -0.15) is 0 Å². The lowest BCUT2D eigenvalue weighted by atomic mass is 9.98. The minimum atomic E-state index is 0.561. The molecule has 11 rings (SSSR count). The standard InChI is InChI=1S/C51H34N6S/c1-31-22-32(2)24-37(23-31)35-15-17-38-41-28-40-39-26-34(33-10-9-11-36(25-33)42-12-3-6-19-52-42)16-18-47(39)57(48(40)30-50(41)58-49(38)27-35)51-55-45(43-13-4-7-20-53-43)29-46(56-51)44-14-5-8-21-54-44/h3-30H,1-2H3. The summed E-state index contributed by atoms with van der Waals surface area (Å²) in [6.07, 6.45) is 5.44. The van der Waals surface area contributed by atoms with E-state index in [2.05, 4.69) is 130 Å². The first-order chi connectivity index (χ1) is 28.5. The number of hydrogen-bond donors (Lipinski definition) is 0. The fraction of sp³-hybridized carbons (Fsp3) is 0.0392. The number of aryl methyl sites for hydroxylation is 2. The largest absolute Gasteiger partial charge is 0.278 e. The zero-order valence-electron chi connectivity index (χ0n) is 31.8. The van der Waals surface area contributed by atoms with E-state index in [0.29, 0.717) is 5.95 Å². The molecule has 0 spiro atoms. The van der Waals surface area contributed by atoms with Crippen LogP contribution in [0.4, 0.5) is 0 Å². The molecular formula is C51H34N6S. The predicted molar refractivity (Wildman–Crippen MR) is 239 cm³/mol. The normalized spacial score (nSPS) is 11.6. The van der Waals surface area contributed by atoms with Crippen LogP contribution in [0, 0.1) is 13.8 Å². The molecule has 11 aromatic rings. The molecular weight excluding hydrogens is 729 g/mol. The van der Waals surface area contributed by atoms with E-state index in [1.165, 1.54) is 42.4 Å². The second-order valence-corrected chi connectivity index (χ2v) is 15.9. The first kappa shape index (κ1) is 33.9. The highest BCUT2D eigenvalue weighted by atomic mass is 32.1. The third kappa shape index (κ3) is 5.92. The van der Waals surface area contributed by atoms with E-state index in [0.717, 1.165) is 67.0 Å². The summed E-state index contributed by atoms with van der Waals surface area (Å²) in [5, 5.41) is 4.74. The SMILES string of the molecule is Cc1cc(C)cc(-c2ccc3c(c2)sc2cc4c(cc23)c2cc(-c3cccc(-c5ccccn5)c3)ccc2n4-c2nc(-c3ccccn3)cc(-c3ccccn3)n2)c1. The highest BCUT2D eigenvalue weighted by Gasteiger charge is 2.20. The minimum absolute atomic E-state index is 0.561. The maximum Gasteiger partial charge on any atom is 0.235 e. The molecule has 0 atom stereocenters. The Hall–Kier alpha value is -7.35. The highest BCUT2D eigenvalue weighted by molar-refractivity contribution is 7.25. The van der Waals surface area contributed by atoms with Crippen molar-refractivity contribution in [3.05, 3.63) is 181 Å². The van der Waals surface area contributed by atoms with Crippen LogP contribution in [0.25, 0.3) is 104 Å². The lowest BCUT2D eigenvalue weighted by molar-refractivity contribution is 0.989. The average Bonchev–Trinajstić information content (AvgIpc) is 3.79. The van der Waals surface area contributed by atoms with Crippen molar-refractivity contribution >= 4 is 53.3 Å². The minimum Gasteiger partial charge on any atom is -0.278 e. The summed E-state index contributed by atoms with van der Waals surface area (Å²) in [7, 11) is 0. The molecule has 0 saturated heterocycles. The van der Waals surface area contributed by atoms with E-state index in [1.54, 1.807) is 12.4 Å². The third-order valence-electron chi connectivity index (χ3n) is 10.8. The van der Waals surface area contributed by atoms with Gasteiger partial charge in [0.15, 0.2) is 0 Å². The summed E-state index contributed by atoms with van der Waals surface area (Å²) in [5.41, 5.74) is 14.3. The molecule has 0 N–H and O–H groups in total. The number of fused-ring (bicyclic) bond motifs is 6. The second-order valence-electron chi connectivity index (χ2n) is 14.8. The molecule has 6 aromatic heterocycles. The van der Waals surface area contributed by atoms with Crippen LogP contribution in [0.3, 0.4) is 0 Å². The van der Waals surface area contributed by atoms with E-state index in [9.17, 15) is 0 Å². The topological polar surface area (TPSA) is 69.4 Å². The van der Waals surface area contributed by atoms with Gasteiger partial charge < -0.3 is 0 Å². The van der Waals surface area contributed by atoms with E-state index >= 15 is 0 Å². The van der Waals surface area contributed by atoms with Crippen LogP contribution in [0.2, 0.25) is 0 Å². The van der Waals surface area contributed by atoms with E-state index in [-0.39, 0.29) is 0 Å². The number of hydrogen-bond acceptors (Lipinski definition) is 6. The molecule has 0 fully saturated rings. The molecule has 6 nitrogen and oxygen atoms in total. The molecule has 58 heavy (non-hydrogen) atoms. The maximum absolute atomic E-state index is 5.24. The molecule has 0 saturated carbocycles. The fourth-order valence-electron chi connectivity index (χ4n) is 8.22. The molecule has 0 aliphatic heterocycles. The smallest absolute Gasteiger partial charge is 0.235 e. The van der Waals surface area contributed by atoms with Gasteiger partial charge in [-0.05, 0) is 115 Å². The van der Waals surface area contributed by atoms with Crippen molar-refractivity contribution in [2.45, 2.75) is 13.8 Å². The number of thiophene rings is 1. The summed E-state index contributed by atoms with van der Waals surface area (Å²) < 4.78 is 4.67. The summed E-state index contributed by atoms with van der Waals surface area (Å²) in [5.74, 6) is 0.561. The Labute approximate surface area is 338 Å². The Kier molecular flexibility index (Phi) is 8.01. The molecule has 5 aromatic carbocycles. The van der Waals surface area contributed by atoms with Gasteiger partial charge in [-0.15, -0.1) is 11.3 Å². The fourth-order valence-corrected chi connectivity index (χ4v) is 9.38. The Morgan fingerprint density at radius 2 is 0.983 bits per heavy atom. The lowest BCUT2D eigenvalue weighted by Crippen LogP contribution is -2.04. The van der Waals surface area contributed by atoms with Gasteiger partial charge in [0, 0.05) is 55.1 Å². The van der Waals surface area contributed by atoms with Gasteiger partial charge in [0.1, 0.15) is 0 Å². The molecule has 0 amide bonds. The van der Waals surface area contributed by atoms with Crippen LogP contribution in [0.15, 0.2) is 170 Å². The molecule has 0 unspecified atom stereocenters. The Bertz CT molecular complexity index is 3280. The van der Waals surface area contributed by atoms with Crippen molar-refractivity contribution in [2.24, 2.45) is 0 Å². The zero-order valence-corrected chi connectivity index (χ0v) is 32.6. The average molecular weight is 763 g/mol. The molecule has 0 aliphatic carbocycles. The molecule has 6 heterocycles. The highest BCUT2D eigenvalue weighted by Crippen LogP contribution is 2.43. The van der Waals surface area contributed by atoms with E-state index in [4.69, 9.17) is 9.97 Å². The third-order valence-corrected chi connectivity index (χ3v) is 12.0. The molecule has 0 aliphatic rings. The number of rotatable bonds is 6. The second kappa shape index (κ2) is 13.7. The van der Waals surface area contributed by atoms with Gasteiger partial charge in [-0.3, -0.25) is 19.5 Å². The van der Waals surface area contributed by atoms with Crippen molar-refractivity contribution in [3.8, 4) is 62.2 Å². The summed E-state index contributed by atoms with van der Waals surface area (Å²) in [4.78, 5) is 24.5. The first-order valence-corrected chi connectivity index (χ1v) is 20.1. The molecule has 7 heteroatoms. The van der Waals surface area contributed by atoms with E-state index < -0.39 is 0 Å². The first-order valence-electron chi connectivity index (χ1n) is 19.3.